The molecule has 2 atom stereocenters. The van der Waals surface area contributed by atoms with Crippen LogP contribution in [0.15, 0.2) is 78.9 Å². The van der Waals surface area contributed by atoms with Gasteiger partial charge in [-0.05, 0) is 47.9 Å². The van der Waals surface area contributed by atoms with Crippen LogP contribution in [0.1, 0.15) is 29.0 Å². The largest absolute Gasteiger partial charge is 0.372 e. The monoisotopic (exact) mass is 447 g/mol. The Bertz CT molecular complexity index is 845. The van der Waals surface area contributed by atoms with Gasteiger partial charge in [0.05, 0.1) is 12.7 Å². The van der Waals surface area contributed by atoms with E-state index in [0.717, 1.165) is 18.5 Å². The van der Waals surface area contributed by atoms with Crippen molar-refractivity contribution in [2.45, 2.75) is 31.1 Å². The highest BCUT2D eigenvalue weighted by atomic mass is 35.5. The van der Waals surface area contributed by atoms with E-state index in [2.05, 4.69) is 66.0 Å². The van der Waals surface area contributed by atoms with Gasteiger partial charge in [-0.15, -0.1) is 12.4 Å². The van der Waals surface area contributed by atoms with Gasteiger partial charge in [0.25, 0.3) is 0 Å². The highest BCUT2D eigenvalue weighted by Gasteiger charge is 2.35. The highest BCUT2D eigenvalue weighted by molar-refractivity contribution is 6.34. The Labute approximate surface area is 188 Å². The molecule has 1 aliphatic heterocycles. The Kier molecular flexibility index (Phi) is 7.99. The van der Waals surface area contributed by atoms with Crippen LogP contribution >= 0.6 is 35.6 Å². The maximum absolute atomic E-state index is 6.36. The van der Waals surface area contributed by atoms with Crippen molar-refractivity contribution in [1.82, 2.24) is 5.32 Å². The quantitative estimate of drug-likeness (QED) is 0.465. The summed E-state index contributed by atoms with van der Waals surface area (Å²) in [6.07, 6.45) is 1.10. The lowest BCUT2D eigenvalue weighted by molar-refractivity contribution is 0.0295. The molecule has 1 saturated heterocycles. The van der Waals surface area contributed by atoms with E-state index in [0.29, 0.717) is 16.7 Å². The number of hydrogen-bond acceptors (Lipinski definition) is 2. The fourth-order valence-corrected chi connectivity index (χ4v) is 4.62. The summed E-state index contributed by atoms with van der Waals surface area (Å²) in [6.45, 7) is 1.45. The van der Waals surface area contributed by atoms with E-state index in [1.54, 1.807) is 6.07 Å². The molecule has 3 aromatic rings. The van der Waals surface area contributed by atoms with Crippen LogP contribution in [0, 0.1) is 0 Å². The number of nitrogens with one attached hydrogen (secondary N) is 1. The summed E-state index contributed by atoms with van der Waals surface area (Å²) in [5.74, 6) is 0.234. The first-order valence-corrected chi connectivity index (χ1v) is 10.4. The van der Waals surface area contributed by atoms with Gasteiger partial charge >= 0.3 is 0 Å². The molecule has 1 aliphatic rings. The molecule has 0 amide bonds. The van der Waals surface area contributed by atoms with Crippen molar-refractivity contribution in [2.24, 2.45) is 0 Å². The van der Waals surface area contributed by atoms with E-state index < -0.39 is 0 Å². The topological polar surface area (TPSA) is 21.3 Å². The van der Waals surface area contributed by atoms with Crippen LogP contribution in [0.5, 0.6) is 0 Å². The summed E-state index contributed by atoms with van der Waals surface area (Å²) in [6, 6.07) is 27.1. The molecule has 5 heteroatoms. The van der Waals surface area contributed by atoms with E-state index >= 15 is 0 Å². The molecular formula is C24H24Cl3NO. The summed E-state index contributed by atoms with van der Waals surface area (Å²) < 4.78 is 6.36. The van der Waals surface area contributed by atoms with E-state index in [9.17, 15) is 0 Å². The normalized spacial score (nSPS) is 18.6. The maximum Gasteiger partial charge on any atom is 0.0754 e. The molecule has 0 bridgehead atoms. The molecule has 0 radical (unpaired) electrons. The molecule has 1 N–H and O–H groups in total. The molecule has 3 aromatic carbocycles. The predicted octanol–water partition coefficient (Wildman–Crippen LogP) is 6.49. The summed E-state index contributed by atoms with van der Waals surface area (Å²) in [4.78, 5) is 0. The lowest BCUT2D eigenvalue weighted by Gasteiger charge is -2.30. The van der Waals surface area contributed by atoms with Crippen molar-refractivity contribution in [3.8, 4) is 0 Å². The van der Waals surface area contributed by atoms with Crippen molar-refractivity contribution < 1.29 is 4.74 Å². The molecule has 0 spiro atoms. The van der Waals surface area contributed by atoms with Crippen LogP contribution in [-0.2, 0) is 11.3 Å². The zero-order chi connectivity index (χ0) is 19.3. The maximum atomic E-state index is 6.36. The second-order valence-electron chi connectivity index (χ2n) is 7.19. The lowest BCUT2D eigenvalue weighted by atomic mass is 9.83. The van der Waals surface area contributed by atoms with E-state index in [1.807, 2.05) is 12.1 Å². The van der Waals surface area contributed by atoms with Gasteiger partial charge in [-0.25, -0.2) is 0 Å². The molecule has 1 fully saturated rings. The van der Waals surface area contributed by atoms with Crippen molar-refractivity contribution in [3.63, 3.8) is 0 Å². The minimum Gasteiger partial charge on any atom is -0.372 e. The summed E-state index contributed by atoms with van der Waals surface area (Å²) in [7, 11) is 0. The Hall–Kier alpha value is -1.55. The van der Waals surface area contributed by atoms with Crippen LogP contribution < -0.4 is 5.32 Å². The molecule has 1 heterocycles. The number of ether oxygens (including phenoxy) is 1. The van der Waals surface area contributed by atoms with Crippen LogP contribution in [0.25, 0.3) is 0 Å². The van der Waals surface area contributed by atoms with E-state index in [1.165, 1.54) is 11.1 Å². The minimum atomic E-state index is 0. The molecule has 0 saturated carbocycles. The SMILES string of the molecule is Cl.Clc1cc(Cl)cc(CO[C@H]2CCN[C@H]2C(c2ccccc2)c2ccccc2)c1. The number of halogens is 3. The first kappa shape index (κ1) is 22.1. The van der Waals surface area contributed by atoms with Crippen LogP contribution in [0.4, 0.5) is 0 Å². The van der Waals surface area contributed by atoms with Gasteiger partial charge in [0, 0.05) is 22.0 Å². The Balaban J connectivity index is 0.00000240. The first-order chi connectivity index (χ1) is 13.7. The van der Waals surface area contributed by atoms with Crippen LogP contribution in [0.3, 0.4) is 0 Å². The molecule has 4 rings (SSSR count). The Morgan fingerprint density at radius 3 is 1.97 bits per heavy atom. The summed E-state index contributed by atoms with van der Waals surface area (Å²) >= 11 is 12.3. The molecule has 2 nitrogen and oxygen atoms in total. The van der Waals surface area contributed by atoms with Gasteiger partial charge < -0.3 is 10.1 Å². The smallest absolute Gasteiger partial charge is 0.0754 e. The average Bonchev–Trinajstić information content (AvgIpc) is 3.16. The third-order valence-corrected chi connectivity index (χ3v) is 5.71. The zero-order valence-electron chi connectivity index (χ0n) is 15.9. The molecule has 0 unspecified atom stereocenters. The average molecular weight is 449 g/mol. The number of benzene rings is 3. The molecule has 152 valence electrons. The van der Waals surface area contributed by atoms with Gasteiger partial charge in [0.15, 0.2) is 0 Å². The van der Waals surface area contributed by atoms with Gasteiger partial charge in [0.1, 0.15) is 0 Å². The predicted molar refractivity (Wildman–Crippen MR) is 123 cm³/mol. The van der Waals surface area contributed by atoms with Crippen molar-refractivity contribution >= 4 is 35.6 Å². The zero-order valence-corrected chi connectivity index (χ0v) is 18.3. The molecule has 29 heavy (non-hydrogen) atoms. The number of rotatable bonds is 6. The van der Waals surface area contributed by atoms with Gasteiger partial charge in [-0.2, -0.15) is 0 Å². The second kappa shape index (κ2) is 10.5. The lowest BCUT2D eigenvalue weighted by Crippen LogP contribution is -2.38. The van der Waals surface area contributed by atoms with Crippen LogP contribution in [0.2, 0.25) is 10.0 Å². The fourth-order valence-electron chi connectivity index (χ4n) is 4.05. The summed E-state index contributed by atoms with van der Waals surface area (Å²) in [5, 5.41) is 4.96. The van der Waals surface area contributed by atoms with Gasteiger partial charge in [0.2, 0.25) is 0 Å². The van der Waals surface area contributed by atoms with E-state index in [4.69, 9.17) is 27.9 Å². The first-order valence-electron chi connectivity index (χ1n) is 9.60. The number of hydrogen-bond donors (Lipinski definition) is 1. The second-order valence-corrected chi connectivity index (χ2v) is 8.07. The van der Waals surface area contributed by atoms with Gasteiger partial charge in [-0.3, -0.25) is 0 Å². The standard InChI is InChI=1S/C24H23Cl2NO.ClH/c25-20-13-17(14-21(26)15-20)16-28-22-11-12-27-24(22)23(18-7-3-1-4-8-18)19-9-5-2-6-10-19;/h1-10,13-15,22-24,27H,11-12,16H2;1H/t22-,24+;/m0./s1. The fraction of sp³-hybridized carbons (Fsp3) is 0.250. The van der Waals surface area contributed by atoms with Crippen molar-refractivity contribution in [3.05, 3.63) is 106 Å². The molecule has 0 aromatic heterocycles. The van der Waals surface area contributed by atoms with Gasteiger partial charge in [-0.1, -0.05) is 83.9 Å². The summed E-state index contributed by atoms with van der Waals surface area (Å²) in [5.41, 5.74) is 3.60. The highest BCUT2D eigenvalue weighted by Crippen LogP contribution is 2.34. The Morgan fingerprint density at radius 2 is 1.41 bits per heavy atom. The molecular weight excluding hydrogens is 425 g/mol. The Morgan fingerprint density at radius 1 is 0.862 bits per heavy atom. The molecule has 0 aliphatic carbocycles. The van der Waals surface area contributed by atoms with Crippen LogP contribution in [-0.4, -0.2) is 18.7 Å². The third kappa shape index (κ3) is 5.53. The third-order valence-electron chi connectivity index (χ3n) is 5.27. The van der Waals surface area contributed by atoms with Crippen molar-refractivity contribution in [2.75, 3.05) is 6.54 Å². The van der Waals surface area contributed by atoms with Crippen molar-refractivity contribution in [1.29, 1.82) is 0 Å². The van der Waals surface area contributed by atoms with E-state index in [-0.39, 0.29) is 30.5 Å². The minimum absolute atomic E-state index is 0.